The number of anilines is 2. The highest BCUT2D eigenvalue weighted by atomic mass is 19.1. The number of nitrogens with one attached hydrogen (secondary N) is 1. The summed E-state index contributed by atoms with van der Waals surface area (Å²) < 4.78 is 39.5. The van der Waals surface area contributed by atoms with E-state index >= 15 is 0 Å². The normalized spacial score (nSPS) is 14.6. The Bertz CT molecular complexity index is 991. The SMILES string of the molecule is Cc1cc(Nc2ncn(-c3cc(F)cc(F)c3)n2)cc(OCCN2CCOCC2)c1.[HH]. The van der Waals surface area contributed by atoms with Crippen molar-refractivity contribution in [3.8, 4) is 11.4 Å². The van der Waals surface area contributed by atoms with Crippen LogP contribution in [0.1, 0.15) is 6.99 Å². The van der Waals surface area contributed by atoms with Crippen molar-refractivity contribution in [2.45, 2.75) is 6.92 Å². The fourth-order valence-corrected chi connectivity index (χ4v) is 3.27. The van der Waals surface area contributed by atoms with Crippen molar-refractivity contribution in [1.82, 2.24) is 19.7 Å². The Hall–Kier alpha value is -3.04. The number of aryl methyl sites for hydroxylation is 1. The van der Waals surface area contributed by atoms with Crippen LogP contribution in [0.2, 0.25) is 0 Å². The lowest BCUT2D eigenvalue weighted by molar-refractivity contribution is 0.0322. The molecule has 0 atom stereocenters. The first-order valence-electron chi connectivity index (χ1n) is 9.75. The molecule has 1 N–H and O–H groups in total. The summed E-state index contributed by atoms with van der Waals surface area (Å²) in [4.78, 5) is 6.48. The maximum Gasteiger partial charge on any atom is 0.246 e. The van der Waals surface area contributed by atoms with Crippen molar-refractivity contribution in [1.29, 1.82) is 0 Å². The molecule has 160 valence electrons. The Balaban J connectivity index is 0.00000272. The van der Waals surface area contributed by atoms with Crippen LogP contribution >= 0.6 is 0 Å². The smallest absolute Gasteiger partial charge is 0.246 e. The van der Waals surface area contributed by atoms with E-state index in [1.807, 2.05) is 25.1 Å². The van der Waals surface area contributed by atoms with E-state index in [1.54, 1.807) is 0 Å². The number of nitrogens with zero attached hydrogens (tertiary/aromatic N) is 4. The second-order valence-electron chi connectivity index (χ2n) is 7.10. The number of benzene rings is 2. The van der Waals surface area contributed by atoms with E-state index in [-0.39, 0.29) is 7.11 Å². The number of hydrogen-bond donors (Lipinski definition) is 1. The third-order valence-corrected chi connectivity index (χ3v) is 4.69. The Morgan fingerprint density at radius 3 is 2.63 bits per heavy atom. The average molecular weight is 417 g/mol. The van der Waals surface area contributed by atoms with Crippen LogP contribution in [-0.4, -0.2) is 59.1 Å². The number of halogens is 2. The maximum atomic E-state index is 13.4. The molecule has 0 radical (unpaired) electrons. The van der Waals surface area contributed by atoms with Gasteiger partial charge in [-0.2, -0.15) is 4.98 Å². The molecule has 7 nitrogen and oxygen atoms in total. The molecule has 3 aromatic rings. The predicted octanol–water partition coefficient (Wildman–Crippen LogP) is 3.55. The highest BCUT2D eigenvalue weighted by Gasteiger charge is 2.11. The summed E-state index contributed by atoms with van der Waals surface area (Å²) in [7, 11) is 0. The van der Waals surface area contributed by atoms with Crippen LogP contribution in [0.3, 0.4) is 0 Å². The molecule has 0 bridgehead atoms. The monoisotopic (exact) mass is 417 g/mol. The second-order valence-corrected chi connectivity index (χ2v) is 7.10. The fourth-order valence-electron chi connectivity index (χ4n) is 3.27. The van der Waals surface area contributed by atoms with Crippen molar-refractivity contribution in [2.75, 3.05) is 44.8 Å². The Kier molecular flexibility index (Phi) is 6.20. The van der Waals surface area contributed by atoms with Gasteiger partial charge in [0.1, 0.15) is 30.3 Å². The van der Waals surface area contributed by atoms with Gasteiger partial charge in [-0.05, 0) is 36.8 Å². The summed E-state index contributed by atoms with van der Waals surface area (Å²) in [6.45, 7) is 6.78. The van der Waals surface area contributed by atoms with Gasteiger partial charge in [0.15, 0.2) is 0 Å². The summed E-state index contributed by atoms with van der Waals surface area (Å²) in [5.41, 5.74) is 2.04. The minimum absolute atomic E-state index is 0. The molecule has 30 heavy (non-hydrogen) atoms. The van der Waals surface area contributed by atoms with Crippen LogP contribution in [-0.2, 0) is 4.74 Å². The van der Waals surface area contributed by atoms with Crippen molar-refractivity contribution < 1.29 is 19.7 Å². The van der Waals surface area contributed by atoms with Gasteiger partial charge in [-0.15, -0.1) is 5.10 Å². The highest BCUT2D eigenvalue weighted by Crippen LogP contribution is 2.23. The lowest BCUT2D eigenvalue weighted by Crippen LogP contribution is -2.38. The molecule has 0 unspecified atom stereocenters. The van der Waals surface area contributed by atoms with Crippen LogP contribution < -0.4 is 10.1 Å². The summed E-state index contributed by atoms with van der Waals surface area (Å²) >= 11 is 0. The number of hydrogen-bond acceptors (Lipinski definition) is 6. The molecule has 0 saturated carbocycles. The quantitative estimate of drug-likeness (QED) is 0.634. The van der Waals surface area contributed by atoms with Crippen molar-refractivity contribution in [3.05, 3.63) is 59.9 Å². The third kappa shape index (κ3) is 5.31. The van der Waals surface area contributed by atoms with Crippen LogP contribution in [0.15, 0.2) is 42.7 Å². The van der Waals surface area contributed by atoms with Crippen LogP contribution in [0, 0.1) is 18.6 Å². The minimum Gasteiger partial charge on any atom is -0.492 e. The summed E-state index contributed by atoms with van der Waals surface area (Å²) in [6.07, 6.45) is 1.39. The third-order valence-electron chi connectivity index (χ3n) is 4.69. The van der Waals surface area contributed by atoms with Gasteiger partial charge >= 0.3 is 0 Å². The highest BCUT2D eigenvalue weighted by molar-refractivity contribution is 5.57. The van der Waals surface area contributed by atoms with Gasteiger partial charge in [-0.25, -0.2) is 13.5 Å². The first-order valence-corrected chi connectivity index (χ1v) is 9.75. The largest absolute Gasteiger partial charge is 0.492 e. The zero-order chi connectivity index (χ0) is 20.9. The molecule has 2 heterocycles. The molecule has 1 aliphatic heterocycles. The molecular weight excluding hydrogens is 392 g/mol. The number of aromatic nitrogens is 3. The van der Waals surface area contributed by atoms with Gasteiger partial charge in [0.2, 0.25) is 5.95 Å². The van der Waals surface area contributed by atoms with Gasteiger partial charge in [0.25, 0.3) is 0 Å². The van der Waals surface area contributed by atoms with E-state index in [0.717, 1.165) is 55.9 Å². The van der Waals surface area contributed by atoms with Gasteiger partial charge in [-0.1, -0.05) is 0 Å². The van der Waals surface area contributed by atoms with E-state index in [0.29, 0.717) is 12.6 Å². The van der Waals surface area contributed by atoms with E-state index in [2.05, 4.69) is 20.3 Å². The maximum absolute atomic E-state index is 13.4. The molecule has 4 rings (SSSR count). The predicted molar refractivity (Wildman–Crippen MR) is 111 cm³/mol. The van der Waals surface area contributed by atoms with E-state index in [9.17, 15) is 8.78 Å². The number of rotatable bonds is 7. The van der Waals surface area contributed by atoms with E-state index < -0.39 is 11.6 Å². The molecule has 0 amide bonds. The summed E-state index contributed by atoms with van der Waals surface area (Å²) in [5, 5.41) is 7.35. The van der Waals surface area contributed by atoms with E-state index in [1.165, 1.54) is 23.1 Å². The Labute approximate surface area is 174 Å². The molecule has 1 saturated heterocycles. The number of ether oxygens (including phenoxy) is 2. The van der Waals surface area contributed by atoms with Crippen molar-refractivity contribution >= 4 is 11.6 Å². The van der Waals surface area contributed by atoms with Gasteiger partial charge in [0.05, 0.1) is 18.9 Å². The van der Waals surface area contributed by atoms with Gasteiger partial charge < -0.3 is 14.8 Å². The van der Waals surface area contributed by atoms with Crippen LogP contribution in [0.4, 0.5) is 20.4 Å². The standard InChI is InChI=1S/C21H23F2N5O2.H2/c1-15-8-18(13-20(9-15)30-7-4-27-2-5-29-6-3-27)25-21-24-14-28(26-21)19-11-16(22)10-17(23)12-19;/h8-14H,2-7H2,1H3,(H,25,26);1H. The van der Waals surface area contributed by atoms with Crippen molar-refractivity contribution in [3.63, 3.8) is 0 Å². The lowest BCUT2D eigenvalue weighted by Gasteiger charge is -2.26. The van der Waals surface area contributed by atoms with Crippen molar-refractivity contribution in [2.24, 2.45) is 0 Å². The second kappa shape index (κ2) is 9.19. The van der Waals surface area contributed by atoms with E-state index in [4.69, 9.17) is 9.47 Å². The molecule has 0 spiro atoms. The molecule has 1 fully saturated rings. The van der Waals surface area contributed by atoms with Gasteiger partial charge in [-0.3, -0.25) is 4.90 Å². The summed E-state index contributed by atoms with van der Waals surface area (Å²) in [6, 6.07) is 8.97. The van der Waals surface area contributed by atoms with Crippen LogP contribution in [0.25, 0.3) is 5.69 Å². The fraction of sp³-hybridized carbons (Fsp3) is 0.333. The first kappa shape index (κ1) is 20.2. The molecule has 1 aromatic heterocycles. The van der Waals surface area contributed by atoms with Crippen LogP contribution in [0.5, 0.6) is 5.75 Å². The zero-order valence-corrected chi connectivity index (χ0v) is 16.6. The first-order chi connectivity index (χ1) is 14.5. The Morgan fingerprint density at radius 2 is 1.87 bits per heavy atom. The number of morpholine rings is 1. The molecule has 0 aliphatic carbocycles. The molecule has 1 aliphatic rings. The topological polar surface area (TPSA) is 64.4 Å². The average Bonchev–Trinajstić information content (AvgIpc) is 3.16. The summed E-state index contributed by atoms with van der Waals surface area (Å²) in [5.74, 6) is -0.290. The lowest BCUT2D eigenvalue weighted by atomic mass is 10.2. The Morgan fingerprint density at radius 1 is 1.10 bits per heavy atom. The molecule has 9 heteroatoms. The molecular formula is C21H25F2N5O2. The minimum atomic E-state index is -0.674. The zero-order valence-electron chi connectivity index (χ0n) is 16.6. The van der Waals surface area contributed by atoms with Gasteiger partial charge in [0, 0.05) is 38.9 Å². The molecule has 2 aromatic carbocycles.